The summed E-state index contributed by atoms with van der Waals surface area (Å²) in [6, 6.07) is 8.12. The second-order valence-corrected chi connectivity index (χ2v) is 7.99. The van der Waals surface area contributed by atoms with Gasteiger partial charge in [0, 0.05) is 24.2 Å². The van der Waals surface area contributed by atoms with E-state index in [1.807, 2.05) is 0 Å². The zero-order valence-electron chi connectivity index (χ0n) is 14.7. The van der Waals surface area contributed by atoms with Crippen molar-refractivity contribution in [1.29, 1.82) is 0 Å². The molecule has 10 heteroatoms. The molecule has 0 bridgehead atoms. The molecular weight excluding hydrogens is 417 g/mol. The van der Waals surface area contributed by atoms with Gasteiger partial charge in [0.1, 0.15) is 22.3 Å². The van der Waals surface area contributed by atoms with Crippen molar-refractivity contribution in [3.8, 4) is 28.0 Å². The van der Waals surface area contributed by atoms with Gasteiger partial charge in [-0.3, -0.25) is 4.98 Å². The predicted octanol–water partition coefficient (Wildman–Crippen LogP) is 5.00. The van der Waals surface area contributed by atoms with E-state index >= 15 is 0 Å². The molecule has 0 radical (unpaired) electrons. The third kappa shape index (κ3) is 4.70. The highest BCUT2D eigenvalue weighted by atomic mass is 32.2. The fourth-order valence-corrected chi connectivity index (χ4v) is 3.61. The third-order valence-electron chi connectivity index (χ3n) is 3.90. The van der Waals surface area contributed by atoms with Crippen molar-refractivity contribution in [3.63, 3.8) is 0 Å². The molecule has 0 spiro atoms. The van der Waals surface area contributed by atoms with Gasteiger partial charge < -0.3 is 4.74 Å². The van der Waals surface area contributed by atoms with Gasteiger partial charge in [-0.2, -0.15) is 0 Å². The Morgan fingerprint density at radius 3 is 2.00 bits per heavy atom. The molecule has 29 heavy (non-hydrogen) atoms. The van der Waals surface area contributed by atoms with Crippen LogP contribution < -0.4 is 4.74 Å². The van der Waals surface area contributed by atoms with Gasteiger partial charge in [-0.1, -0.05) is 12.1 Å². The first-order valence-electron chi connectivity index (χ1n) is 7.95. The quantitative estimate of drug-likeness (QED) is 0.548. The minimum Gasteiger partial charge on any atom is -0.406 e. The van der Waals surface area contributed by atoms with Crippen molar-refractivity contribution in [2.24, 2.45) is 0 Å². The molecule has 0 aliphatic rings. The van der Waals surface area contributed by atoms with Crippen LogP contribution >= 0.6 is 0 Å². The monoisotopic (exact) mass is 429 g/mol. The number of hydrogen-bond donors (Lipinski definition) is 0. The topological polar surface area (TPSA) is 56.3 Å². The Hall–Kier alpha value is -3.01. The Kier molecular flexibility index (Phi) is 5.31. The van der Waals surface area contributed by atoms with Crippen molar-refractivity contribution in [2.45, 2.75) is 11.3 Å². The first-order chi connectivity index (χ1) is 13.5. The Morgan fingerprint density at radius 1 is 0.897 bits per heavy atom. The van der Waals surface area contributed by atoms with E-state index in [9.17, 15) is 30.4 Å². The van der Waals surface area contributed by atoms with Crippen LogP contribution in [0.15, 0.2) is 59.8 Å². The molecule has 0 fully saturated rings. The lowest BCUT2D eigenvalue weighted by Crippen LogP contribution is -2.16. The van der Waals surface area contributed by atoms with Gasteiger partial charge in [0.25, 0.3) is 0 Å². The Balaban J connectivity index is 2.07. The highest BCUT2D eigenvalue weighted by Gasteiger charge is 2.31. The molecule has 0 amide bonds. The molecule has 2 aromatic carbocycles. The minimum absolute atomic E-state index is 0.0196. The highest BCUT2D eigenvalue weighted by Crippen LogP contribution is 2.35. The molecule has 0 atom stereocenters. The lowest BCUT2D eigenvalue weighted by atomic mass is 9.96. The number of rotatable bonds is 4. The van der Waals surface area contributed by atoms with Crippen molar-refractivity contribution in [1.82, 2.24) is 4.98 Å². The van der Waals surface area contributed by atoms with Crippen molar-refractivity contribution >= 4 is 9.84 Å². The second kappa shape index (κ2) is 7.43. The first-order valence-corrected chi connectivity index (χ1v) is 9.84. The van der Waals surface area contributed by atoms with Crippen LogP contribution in [0.5, 0.6) is 5.75 Å². The fourth-order valence-electron chi connectivity index (χ4n) is 2.78. The lowest BCUT2D eigenvalue weighted by Gasteiger charge is -2.13. The Morgan fingerprint density at radius 2 is 1.48 bits per heavy atom. The summed E-state index contributed by atoms with van der Waals surface area (Å²) in [7, 11) is -4.12. The van der Waals surface area contributed by atoms with E-state index in [2.05, 4.69) is 9.72 Å². The Labute approximate surface area is 162 Å². The van der Waals surface area contributed by atoms with Crippen LogP contribution in [0.25, 0.3) is 22.3 Å². The van der Waals surface area contributed by atoms with E-state index in [0.717, 1.165) is 24.3 Å². The molecule has 0 N–H and O–H groups in total. The minimum atomic E-state index is -4.83. The number of benzene rings is 2. The smallest absolute Gasteiger partial charge is 0.406 e. The van der Waals surface area contributed by atoms with Gasteiger partial charge in [-0.25, -0.2) is 17.2 Å². The van der Waals surface area contributed by atoms with Crippen LogP contribution in [0.3, 0.4) is 0 Å². The van der Waals surface area contributed by atoms with Gasteiger partial charge in [0.15, 0.2) is 9.84 Å². The summed E-state index contributed by atoms with van der Waals surface area (Å²) in [5, 5.41) is 0. The third-order valence-corrected chi connectivity index (χ3v) is 5.03. The van der Waals surface area contributed by atoms with Crippen LogP contribution in [-0.4, -0.2) is 26.0 Å². The zero-order chi connectivity index (χ0) is 21.4. The van der Waals surface area contributed by atoms with E-state index in [1.54, 1.807) is 0 Å². The normalized spacial score (nSPS) is 12.1. The largest absolute Gasteiger partial charge is 0.573 e. The zero-order valence-corrected chi connectivity index (χ0v) is 15.5. The number of pyridine rings is 1. The number of hydrogen-bond acceptors (Lipinski definition) is 4. The van der Waals surface area contributed by atoms with E-state index in [4.69, 9.17) is 0 Å². The number of nitrogens with zero attached hydrogens (tertiary/aromatic N) is 1. The van der Waals surface area contributed by atoms with E-state index in [-0.39, 0.29) is 11.1 Å². The van der Waals surface area contributed by atoms with Crippen molar-refractivity contribution in [2.75, 3.05) is 6.26 Å². The number of sulfone groups is 1. The van der Waals surface area contributed by atoms with Crippen LogP contribution in [-0.2, 0) is 9.84 Å². The van der Waals surface area contributed by atoms with Crippen LogP contribution in [0.1, 0.15) is 0 Å². The van der Waals surface area contributed by atoms with Gasteiger partial charge in [-0.15, -0.1) is 13.2 Å². The van der Waals surface area contributed by atoms with Crippen LogP contribution in [0, 0.1) is 11.6 Å². The van der Waals surface area contributed by atoms with E-state index < -0.39 is 38.5 Å². The summed E-state index contributed by atoms with van der Waals surface area (Å²) < 4.78 is 92.4. The van der Waals surface area contributed by atoms with Crippen molar-refractivity contribution in [3.05, 3.63) is 66.5 Å². The van der Waals surface area contributed by atoms with E-state index in [1.165, 1.54) is 30.6 Å². The van der Waals surface area contributed by atoms with Gasteiger partial charge in [0.05, 0.1) is 0 Å². The summed E-state index contributed by atoms with van der Waals surface area (Å²) >= 11 is 0. The summed E-state index contributed by atoms with van der Waals surface area (Å²) in [6.45, 7) is 0. The average molecular weight is 429 g/mol. The van der Waals surface area contributed by atoms with Crippen LogP contribution in [0.2, 0.25) is 0 Å². The SMILES string of the molecule is CS(=O)(=O)c1c(F)cc(-c2cnccc2-c2ccc(OC(F)(F)F)cc2)cc1F. The van der Waals surface area contributed by atoms with E-state index in [0.29, 0.717) is 17.4 Å². The molecule has 4 nitrogen and oxygen atoms in total. The van der Waals surface area contributed by atoms with Crippen molar-refractivity contribution < 1.29 is 35.1 Å². The molecule has 3 aromatic rings. The van der Waals surface area contributed by atoms with Gasteiger partial charge >= 0.3 is 6.36 Å². The first kappa shape index (κ1) is 20.7. The van der Waals surface area contributed by atoms with Gasteiger partial charge in [0.2, 0.25) is 0 Å². The molecule has 0 aliphatic heterocycles. The average Bonchev–Trinajstić information content (AvgIpc) is 2.59. The standard InChI is InChI=1S/C19H12F5NO3S/c1-29(26,27)18-16(20)8-12(9-17(18)21)15-10-25-7-6-14(15)11-2-4-13(5-3-11)28-19(22,23)24/h2-10H,1H3. The number of ether oxygens (including phenoxy) is 1. The summed E-state index contributed by atoms with van der Waals surface area (Å²) in [5.41, 5.74) is 1.13. The molecule has 1 heterocycles. The second-order valence-electron chi connectivity index (χ2n) is 6.03. The molecule has 0 saturated carbocycles. The number of aromatic nitrogens is 1. The Bertz CT molecular complexity index is 1140. The number of alkyl halides is 3. The molecule has 152 valence electrons. The number of halogens is 5. The summed E-state index contributed by atoms with van der Waals surface area (Å²) in [4.78, 5) is 2.87. The lowest BCUT2D eigenvalue weighted by molar-refractivity contribution is -0.274. The highest BCUT2D eigenvalue weighted by molar-refractivity contribution is 7.90. The maximum atomic E-state index is 14.3. The molecule has 3 rings (SSSR count). The summed E-state index contributed by atoms with van der Waals surface area (Å²) in [6.07, 6.45) is -1.44. The molecule has 0 aliphatic carbocycles. The molecular formula is C19H12F5NO3S. The molecule has 0 saturated heterocycles. The summed E-state index contributed by atoms with van der Waals surface area (Å²) in [5.74, 6) is -2.94. The van der Waals surface area contributed by atoms with Crippen LogP contribution in [0.4, 0.5) is 22.0 Å². The maximum Gasteiger partial charge on any atom is 0.573 e. The predicted molar refractivity (Wildman–Crippen MR) is 94.8 cm³/mol. The fraction of sp³-hybridized carbons (Fsp3) is 0.105. The van der Waals surface area contributed by atoms with Gasteiger partial charge in [-0.05, 0) is 47.0 Å². The maximum absolute atomic E-state index is 14.3. The molecule has 1 aromatic heterocycles. The molecule has 0 unspecified atom stereocenters.